The second-order valence-corrected chi connectivity index (χ2v) is 5.40. The summed E-state index contributed by atoms with van der Waals surface area (Å²) in [5.74, 6) is 0. The highest BCUT2D eigenvalue weighted by Crippen LogP contribution is 2.29. The van der Waals surface area contributed by atoms with Gasteiger partial charge in [0.15, 0.2) is 0 Å². The molecule has 24 heavy (non-hydrogen) atoms. The Kier molecular flexibility index (Phi) is 3.16. The summed E-state index contributed by atoms with van der Waals surface area (Å²) in [5.41, 5.74) is 3.07. The van der Waals surface area contributed by atoms with Crippen molar-refractivity contribution < 1.29 is 0 Å². The topological polar surface area (TPSA) is 57.4 Å². The summed E-state index contributed by atoms with van der Waals surface area (Å²) in [7, 11) is 0. The summed E-state index contributed by atoms with van der Waals surface area (Å²) in [6.07, 6.45) is 3.77. The average Bonchev–Trinajstić information content (AvgIpc) is 3.29. The molecule has 0 bridgehead atoms. The summed E-state index contributed by atoms with van der Waals surface area (Å²) >= 11 is 0. The Labute approximate surface area is 139 Å². The van der Waals surface area contributed by atoms with Crippen LogP contribution in [-0.2, 0) is 0 Å². The molecule has 0 saturated carbocycles. The first-order valence-corrected chi connectivity index (χ1v) is 7.51. The van der Waals surface area contributed by atoms with Gasteiger partial charge < -0.3 is 9.13 Å². The number of hydrogen-bond acceptors (Lipinski definition) is 2. The van der Waals surface area contributed by atoms with Gasteiger partial charge in [-0.2, -0.15) is 10.5 Å². The second-order valence-electron chi connectivity index (χ2n) is 5.40. The lowest BCUT2D eigenvalue weighted by atomic mass is 10.1. The van der Waals surface area contributed by atoms with E-state index in [4.69, 9.17) is 0 Å². The third-order valence-corrected chi connectivity index (χ3v) is 4.12. The highest BCUT2D eigenvalue weighted by Gasteiger charge is 2.11. The van der Waals surface area contributed by atoms with Gasteiger partial charge in [-0.05, 0) is 36.4 Å². The summed E-state index contributed by atoms with van der Waals surface area (Å²) < 4.78 is 3.76. The van der Waals surface area contributed by atoms with Crippen molar-refractivity contribution in [2.45, 2.75) is 0 Å². The van der Waals surface area contributed by atoms with Crippen molar-refractivity contribution in [3.05, 3.63) is 84.4 Å². The Morgan fingerprint density at radius 3 is 1.46 bits per heavy atom. The molecule has 0 atom stereocenters. The number of aromatic nitrogens is 2. The van der Waals surface area contributed by atoms with Gasteiger partial charge in [0.25, 0.3) is 0 Å². The van der Waals surface area contributed by atoms with Crippen molar-refractivity contribution in [1.29, 1.82) is 10.5 Å². The van der Waals surface area contributed by atoms with E-state index in [-0.39, 0.29) is 0 Å². The Morgan fingerprint density at radius 1 is 0.583 bits per heavy atom. The van der Waals surface area contributed by atoms with E-state index in [1.807, 2.05) is 70.1 Å². The summed E-state index contributed by atoms with van der Waals surface area (Å²) in [6, 6.07) is 23.7. The SMILES string of the molecule is N#Cc1cccn1-c1cccc2c(-n3cccc3C#N)cccc12. The van der Waals surface area contributed by atoms with Crippen LogP contribution in [0.25, 0.3) is 22.1 Å². The maximum Gasteiger partial charge on any atom is 0.124 e. The molecule has 4 nitrogen and oxygen atoms in total. The highest BCUT2D eigenvalue weighted by molar-refractivity contribution is 5.96. The van der Waals surface area contributed by atoms with Crippen LogP contribution in [0, 0.1) is 22.7 Å². The first-order valence-electron chi connectivity index (χ1n) is 7.51. The number of fused-ring (bicyclic) bond motifs is 1. The average molecular weight is 308 g/mol. The standard InChI is InChI=1S/C20H12N4/c21-13-15-5-3-11-23(15)19-9-1-7-17-18(19)8-2-10-20(17)24-12-4-6-16(24)14-22/h1-12H. The van der Waals surface area contributed by atoms with Crippen LogP contribution in [0.4, 0.5) is 0 Å². The van der Waals surface area contributed by atoms with E-state index in [0.29, 0.717) is 11.4 Å². The molecule has 0 unspecified atom stereocenters. The van der Waals surface area contributed by atoms with Gasteiger partial charge in [0.05, 0.1) is 11.4 Å². The molecule has 0 fully saturated rings. The third-order valence-electron chi connectivity index (χ3n) is 4.12. The molecular formula is C20H12N4. The van der Waals surface area contributed by atoms with Crippen LogP contribution in [-0.4, -0.2) is 9.13 Å². The largest absolute Gasteiger partial charge is 0.308 e. The van der Waals surface area contributed by atoms with Gasteiger partial charge in [0.1, 0.15) is 23.5 Å². The molecule has 4 aromatic rings. The zero-order chi connectivity index (χ0) is 16.5. The van der Waals surface area contributed by atoms with Crippen molar-refractivity contribution in [2.24, 2.45) is 0 Å². The molecule has 112 valence electrons. The minimum Gasteiger partial charge on any atom is -0.308 e. The monoisotopic (exact) mass is 308 g/mol. The first-order chi connectivity index (χ1) is 11.8. The maximum atomic E-state index is 9.30. The van der Waals surface area contributed by atoms with E-state index in [1.54, 1.807) is 12.1 Å². The van der Waals surface area contributed by atoms with E-state index < -0.39 is 0 Å². The Balaban J connectivity index is 2.03. The fourth-order valence-corrected chi connectivity index (χ4v) is 3.06. The number of nitriles is 2. The van der Waals surface area contributed by atoms with Crippen LogP contribution >= 0.6 is 0 Å². The van der Waals surface area contributed by atoms with Crippen molar-refractivity contribution in [2.75, 3.05) is 0 Å². The van der Waals surface area contributed by atoms with Gasteiger partial charge in [-0.3, -0.25) is 0 Å². The molecule has 4 rings (SSSR count). The Morgan fingerprint density at radius 2 is 1.04 bits per heavy atom. The van der Waals surface area contributed by atoms with Gasteiger partial charge in [0, 0.05) is 23.2 Å². The summed E-state index contributed by atoms with van der Waals surface area (Å²) in [6.45, 7) is 0. The number of rotatable bonds is 2. The van der Waals surface area contributed by atoms with E-state index in [1.165, 1.54) is 0 Å². The molecule has 0 amide bonds. The summed E-state index contributed by atoms with van der Waals surface area (Å²) in [4.78, 5) is 0. The van der Waals surface area contributed by atoms with Crippen LogP contribution in [0.1, 0.15) is 11.4 Å². The lowest BCUT2D eigenvalue weighted by Gasteiger charge is -2.13. The normalized spacial score (nSPS) is 10.4. The molecule has 0 radical (unpaired) electrons. The van der Waals surface area contributed by atoms with E-state index in [2.05, 4.69) is 12.1 Å². The molecule has 2 heterocycles. The van der Waals surface area contributed by atoms with Crippen molar-refractivity contribution in [3.63, 3.8) is 0 Å². The first kappa shape index (κ1) is 13.9. The molecule has 0 saturated heterocycles. The zero-order valence-corrected chi connectivity index (χ0v) is 12.7. The predicted molar refractivity (Wildman–Crippen MR) is 92.0 cm³/mol. The van der Waals surface area contributed by atoms with Crippen LogP contribution in [0.3, 0.4) is 0 Å². The van der Waals surface area contributed by atoms with Crippen LogP contribution < -0.4 is 0 Å². The molecule has 0 aliphatic heterocycles. The quantitative estimate of drug-likeness (QED) is 0.558. The number of benzene rings is 2. The van der Waals surface area contributed by atoms with Gasteiger partial charge in [-0.25, -0.2) is 0 Å². The van der Waals surface area contributed by atoms with E-state index in [0.717, 1.165) is 22.1 Å². The molecule has 0 N–H and O–H groups in total. The van der Waals surface area contributed by atoms with Crippen LogP contribution in [0.15, 0.2) is 73.1 Å². The fraction of sp³-hybridized carbons (Fsp3) is 0. The Bertz CT molecular complexity index is 1040. The van der Waals surface area contributed by atoms with Gasteiger partial charge in [0.2, 0.25) is 0 Å². The molecule has 0 aliphatic carbocycles. The van der Waals surface area contributed by atoms with Crippen molar-refractivity contribution in [1.82, 2.24) is 9.13 Å². The minimum atomic E-state index is 0.589. The fourth-order valence-electron chi connectivity index (χ4n) is 3.06. The van der Waals surface area contributed by atoms with E-state index in [9.17, 15) is 10.5 Å². The van der Waals surface area contributed by atoms with Crippen molar-refractivity contribution in [3.8, 4) is 23.5 Å². The molecular weight excluding hydrogens is 296 g/mol. The predicted octanol–water partition coefficient (Wildman–Crippen LogP) is 4.16. The van der Waals surface area contributed by atoms with Crippen molar-refractivity contribution >= 4 is 10.8 Å². The van der Waals surface area contributed by atoms with Crippen LogP contribution in [0.5, 0.6) is 0 Å². The maximum absolute atomic E-state index is 9.30. The lowest BCUT2D eigenvalue weighted by Crippen LogP contribution is -2.00. The molecule has 4 heteroatoms. The highest BCUT2D eigenvalue weighted by atomic mass is 15.0. The Hall–Kier alpha value is -3.76. The molecule has 2 aromatic carbocycles. The second kappa shape index (κ2) is 5.46. The number of hydrogen-bond donors (Lipinski definition) is 0. The zero-order valence-electron chi connectivity index (χ0n) is 12.7. The minimum absolute atomic E-state index is 0.589. The van der Waals surface area contributed by atoms with Gasteiger partial charge in [-0.1, -0.05) is 24.3 Å². The van der Waals surface area contributed by atoms with Gasteiger partial charge >= 0.3 is 0 Å². The van der Waals surface area contributed by atoms with Gasteiger partial charge in [-0.15, -0.1) is 0 Å². The molecule has 0 spiro atoms. The lowest BCUT2D eigenvalue weighted by molar-refractivity contribution is 1.05. The summed E-state index contributed by atoms with van der Waals surface area (Å²) in [5, 5.41) is 20.7. The third kappa shape index (κ3) is 1.99. The molecule has 2 aromatic heterocycles. The molecule has 0 aliphatic rings. The smallest absolute Gasteiger partial charge is 0.124 e. The number of nitrogens with zero attached hydrogens (tertiary/aromatic N) is 4. The van der Waals surface area contributed by atoms with Crippen LogP contribution in [0.2, 0.25) is 0 Å². The van der Waals surface area contributed by atoms with E-state index >= 15 is 0 Å².